The smallest absolute Gasteiger partial charge is 0.331 e. The lowest BCUT2D eigenvalue weighted by Crippen LogP contribution is -2.19. The van der Waals surface area contributed by atoms with Crippen LogP contribution in [0.3, 0.4) is 0 Å². The van der Waals surface area contributed by atoms with Gasteiger partial charge >= 0.3 is 5.97 Å². The van der Waals surface area contributed by atoms with Crippen molar-refractivity contribution in [1.29, 1.82) is 0 Å². The van der Waals surface area contributed by atoms with E-state index >= 15 is 0 Å². The quantitative estimate of drug-likeness (QED) is 0.781. The van der Waals surface area contributed by atoms with E-state index in [1.807, 2.05) is 24.3 Å². The Morgan fingerprint density at radius 2 is 2.25 bits per heavy atom. The number of methoxy groups -OCH3 is 1. The van der Waals surface area contributed by atoms with Crippen LogP contribution in [0.1, 0.15) is 0 Å². The highest BCUT2D eigenvalue weighted by Crippen LogP contribution is 2.23. The molecule has 1 unspecified atom stereocenters. The Hall–Kier alpha value is -1.97. The minimum absolute atomic E-state index is 0.197. The zero-order valence-electron chi connectivity index (χ0n) is 8.97. The van der Waals surface area contributed by atoms with Gasteiger partial charge in [0, 0.05) is 6.08 Å². The van der Waals surface area contributed by atoms with E-state index < -0.39 is 0 Å². The SMILES string of the molecule is COc1ccccc1NCC1C=CC(=O)O1. The van der Waals surface area contributed by atoms with Gasteiger partial charge in [0.2, 0.25) is 0 Å². The number of hydrogen-bond acceptors (Lipinski definition) is 4. The second-order valence-electron chi connectivity index (χ2n) is 3.42. The van der Waals surface area contributed by atoms with Gasteiger partial charge in [0.1, 0.15) is 11.9 Å². The number of benzene rings is 1. The maximum Gasteiger partial charge on any atom is 0.331 e. The van der Waals surface area contributed by atoms with Gasteiger partial charge < -0.3 is 14.8 Å². The first-order chi connectivity index (χ1) is 7.79. The van der Waals surface area contributed by atoms with Crippen molar-refractivity contribution in [3.05, 3.63) is 36.4 Å². The fraction of sp³-hybridized carbons (Fsp3) is 0.250. The number of carbonyl (C=O) groups is 1. The van der Waals surface area contributed by atoms with Gasteiger partial charge in [-0.3, -0.25) is 0 Å². The van der Waals surface area contributed by atoms with Gasteiger partial charge in [0.15, 0.2) is 0 Å². The van der Waals surface area contributed by atoms with Crippen molar-refractivity contribution in [2.45, 2.75) is 6.10 Å². The Bertz CT molecular complexity index is 414. The Morgan fingerprint density at radius 1 is 1.44 bits per heavy atom. The van der Waals surface area contributed by atoms with Crippen molar-refractivity contribution in [1.82, 2.24) is 0 Å². The molecule has 0 saturated carbocycles. The van der Waals surface area contributed by atoms with Gasteiger partial charge in [-0.25, -0.2) is 4.79 Å². The van der Waals surface area contributed by atoms with Crippen LogP contribution in [0.15, 0.2) is 36.4 Å². The van der Waals surface area contributed by atoms with E-state index in [0.717, 1.165) is 11.4 Å². The first kappa shape index (κ1) is 10.5. The number of carbonyl (C=O) groups excluding carboxylic acids is 1. The summed E-state index contributed by atoms with van der Waals surface area (Å²) in [5.41, 5.74) is 0.890. The second kappa shape index (κ2) is 4.70. The molecule has 0 aliphatic carbocycles. The summed E-state index contributed by atoms with van der Waals surface area (Å²) in [5.74, 6) is 0.489. The zero-order chi connectivity index (χ0) is 11.4. The molecule has 0 fully saturated rings. The zero-order valence-corrected chi connectivity index (χ0v) is 8.97. The number of esters is 1. The van der Waals surface area contributed by atoms with Crippen LogP contribution in [-0.4, -0.2) is 25.7 Å². The van der Waals surface area contributed by atoms with Crippen molar-refractivity contribution >= 4 is 11.7 Å². The molecule has 0 amide bonds. The molecule has 1 aliphatic rings. The molecule has 0 aromatic heterocycles. The average molecular weight is 219 g/mol. The molecule has 0 radical (unpaired) electrons. The highest BCUT2D eigenvalue weighted by Gasteiger charge is 2.16. The number of rotatable bonds is 4. The molecule has 2 rings (SSSR count). The molecule has 16 heavy (non-hydrogen) atoms. The summed E-state index contributed by atoms with van der Waals surface area (Å²) in [6.45, 7) is 0.544. The van der Waals surface area contributed by atoms with E-state index in [0.29, 0.717) is 6.54 Å². The third kappa shape index (κ3) is 2.34. The predicted molar refractivity (Wildman–Crippen MR) is 60.5 cm³/mol. The van der Waals surface area contributed by atoms with Crippen LogP contribution < -0.4 is 10.1 Å². The number of nitrogens with one attached hydrogen (secondary N) is 1. The molecule has 1 heterocycles. The minimum Gasteiger partial charge on any atom is -0.495 e. The molecule has 1 N–H and O–H groups in total. The number of ether oxygens (including phenoxy) is 2. The maximum absolute atomic E-state index is 10.8. The molecule has 84 valence electrons. The maximum atomic E-state index is 10.8. The minimum atomic E-state index is -0.285. The lowest BCUT2D eigenvalue weighted by molar-refractivity contribution is -0.138. The van der Waals surface area contributed by atoms with Crippen LogP contribution in [0, 0.1) is 0 Å². The largest absolute Gasteiger partial charge is 0.495 e. The van der Waals surface area contributed by atoms with Crippen LogP contribution in [-0.2, 0) is 9.53 Å². The van der Waals surface area contributed by atoms with E-state index in [2.05, 4.69) is 5.32 Å². The van der Waals surface area contributed by atoms with Gasteiger partial charge in [0.05, 0.1) is 19.3 Å². The summed E-state index contributed by atoms with van der Waals surface area (Å²) < 4.78 is 10.2. The lowest BCUT2D eigenvalue weighted by Gasteiger charge is -2.13. The van der Waals surface area contributed by atoms with Gasteiger partial charge in [-0.2, -0.15) is 0 Å². The van der Waals surface area contributed by atoms with Crippen LogP contribution in [0.2, 0.25) is 0 Å². The van der Waals surface area contributed by atoms with Crippen molar-refractivity contribution in [3.8, 4) is 5.75 Å². The first-order valence-electron chi connectivity index (χ1n) is 5.05. The van der Waals surface area contributed by atoms with E-state index in [9.17, 15) is 4.79 Å². The number of hydrogen-bond donors (Lipinski definition) is 1. The molecule has 1 aliphatic heterocycles. The van der Waals surface area contributed by atoms with Crippen LogP contribution in [0.25, 0.3) is 0 Å². The van der Waals surface area contributed by atoms with Gasteiger partial charge in [-0.15, -0.1) is 0 Å². The second-order valence-corrected chi connectivity index (χ2v) is 3.42. The summed E-state index contributed by atoms with van der Waals surface area (Å²) in [6.07, 6.45) is 2.98. The molecule has 0 bridgehead atoms. The van der Waals surface area contributed by atoms with Gasteiger partial charge in [-0.05, 0) is 18.2 Å². The first-order valence-corrected chi connectivity index (χ1v) is 5.05. The predicted octanol–water partition coefficient (Wildman–Crippen LogP) is 1.59. The summed E-state index contributed by atoms with van der Waals surface area (Å²) in [7, 11) is 1.62. The summed E-state index contributed by atoms with van der Waals surface area (Å²) in [6, 6.07) is 7.61. The number of anilines is 1. The highest BCUT2D eigenvalue weighted by molar-refractivity contribution is 5.84. The molecular formula is C12H13NO3. The third-order valence-electron chi connectivity index (χ3n) is 2.32. The molecular weight excluding hydrogens is 206 g/mol. The van der Waals surface area contributed by atoms with Gasteiger partial charge in [-0.1, -0.05) is 12.1 Å². The van der Waals surface area contributed by atoms with Crippen LogP contribution >= 0.6 is 0 Å². The van der Waals surface area contributed by atoms with Crippen molar-refractivity contribution in [2.24, 2.45) is 0 Å². The number of cyclic esters (lactones) is 1. The van der Waals surface area contributed by atoms with Gasteiger partial charge in [0.25, 0.3) is 0 Å². The summed E-state index contributed by atoms with van der Waals surface area (Å²) >= 11 is 0. The summed E-state index contributed by atoms with van der Waals surface area (Å²) in [5, 5.41) is 3.17. The molecule has 4 heteroatoms. The number of para-hydroxylation sites is 2. The highest BCUT2D eigenvalue weighted by atomic mass is 16.5. The Kier molecular flexibility index (Phi) is 3.10. The Labute approximate surface area is 93.9 Å². The van der Waals surface area contributed by atoms with E-state index in [1.54, 1.807) is 13.2 Å². The van der Waals surface area contributed by atoms with E-state index in [4.69, 9.17) is 9.47 Å². The lowest BCUT2D eigenvalue weighted by atomic mass is 10.2. The molecule has 1 atom stereocenters. The molecule has 1 aromatic rings. The fourth-order valence-electron chi connectivity index (χ4n) is 1.52. The third-order valence-corrected chi connectivity index (χ3v) is 2.32. The van der Waals surface area contributed by atoms with E-state index in [1.165, 1.54) is 6.08 Å². The van der Waals surface area contributed by atoms with Crippen molar-refractivity contribution in [3.63, 3.8) is 0 Å². The normalized spacial score (nSPS) is 18.3. The molecule has 1 aromatic carbocycles. The molecule has 0 saturated heterocycles. The average Bonchev–Trinajstić information content (AvgIpc) is 2.73. The fourth-order valence-corrected chi connectivity index (χ4v) is 1.52. The monoisotopic (exact) mass is 219 g/mol. The standard InChI is InChI=1S/C12H13NO3/c1-15-11-5-3-2-4-10(11)13-8-9-6-7-12(14)16-9/h2-7,9,13H,8H2,1H3. The molecule has 4 nitrogen and oxygen atoms in total. The van der Waals surface area contributed by atoms with Crippen molar-refractivity contribution in [2.75, 3.05) is 19.0 Å². The Balaban J connectivity index is 1.94. The molecule has 0 spiro atoms. The Morgan fingerprint density at radius 3 is 2.94 bits per heavy atom. The van der Waals surface area contributed by atoms with Crippen LogP contribution in [0.5, 0.6) is 5.75 Å². The van der Waals surface area contributed by atoms with Crippen LogP contribution in [0.4, 0.5) is 5.69 Å². The summed E-state index contributed by atoms with van der Waals surface area (Å²) in [4.78, 5) is 10.8. The van der Waals surface area contributed by atoms with Crippen molar-refractivity contribution < 1.29 is 14.3 Å². The van der Waals surface area contributed by atoms with E-state index in [-0.39, 0.29) is 12.1 Å². The topological polar surface area (TPSA) is 47.6 Å².